The molecule has 0 saturated carbocycles. The quantitative estimate of drug-likeness (QED) is 0.746. The van der Waals surface area contributed by atoms with Crippen LogP contribution in [0.5, 0.6) is 0 Å². The Morgan fingerprint density at radius 1 is 1.27 bits per heavy atom. The summed E-state index contributed by atoms with van der Waals surface area (Å²) in [6.07, 6.45) is 3.47. The minimum Gasteiger partial charge on any atom is -0.327 e. The molecule has 1 aromatic carbocycles. The van der Waals surface area contributed by atoms with Crippen molar-refractivity contribution in [2.75, 3.05) is 0 Å². The highest BCUT2D eigenvalue weighted by atomic mass is 14.7. The van der Waals surface area contributed by atoms with E-state index < -0.39 is 0 Å². The summed E-state index contributed by atoms with van der Waals surface area (Å²) in [5, 5.41) is 0. The molecular weight excluding hydrogens is 182 g/mol. The molecule has 1 aliphatic carbocycles. The van der Waals surface area contributed by atoms with E-state index in [1.165, 1.54) is 11.1 Å². The summed E-state index contributed by atoms with van der Waals surface area (Å²) in [7, 11) is 0. The highest BCUT2D eigenvalue weighted by Crippen LogP contribution is 2.32. The molecule has 84 valence electrons. The lowest BCUT2D eigenvalue weighted by Gasteiger charge is -2.30. The maximum absolute atomic E-state index is 6.10. The molecule has 0 aliphatic heterocycles. The summed E-state index contributed by atoms with van der Waals surface area (Å²) in [5.74, 6) is 0.588. The molecule has 15 heavy (non-hydrogen) atoms. The van der Waals surface area contributed by atoms with Crippen LogP contribution in [-0.2, 0) is 6.42 Å². The molecule has 1 nitrogen and oxygen atoms in total. The highest BCUT2D eigenvalue weighted by molar-refractivity contribution is 5.34. The van der Waals surface area contributed by atoms with E-state index in [4.69, 9.17) is 5.73 Å². The van der Waals surface area contributed by atoms with Gasteiger partial charge >= 0.3 is 0 Å². The summed E-state index contributed by atoms with van der Waals surface area (Å²) in [5.41, 5.74) is 9.10. The standard InChI is InChI=1S/C12H17N.C2H6/c1-2-10-11-6-4-3-5-9(11)7-8-12(10)13;1-2/h3-6,10,12H,2,7-8,13H2,1H3;1-2H3. The third-order valence-corrected chi connectivity index (χ3v) is 3.16. The average molecular weight is 205 g/mol. The Bertz CT molecular complexity index is 293. The Balaban J connectivity index is 0.000000531. The van der Waals surface area contributed by atoms with E-state index in [2.05, 4.69) is 31.2 Å². The van der Waals surface area contributed by atoms with Crippen LogP contribution in [0, 0.1) is 0 Å². The molecule has 1 heteroatoms. The van der Waals surface area contributed by atoms with E-state index in [1.807, 2.05) is 13.8 Å². The molecule has 1 aliphatic rings. The van der Waals surface area contributed by atoms with E-state index in [9.17, 15) is 0 Å². The van der Waals surface area contributed by atoms with Crippen molar-refractivity contribution in [3.05, 3.63) is 35.4 Å². The summed E-state index contributed by atoms with van der Waals surface area (Å²) < 4.78 is 0. The number of rotatable bonds is 1. The maximum Gasteiger partial charge on any atom is 0.0111 e. The maximum atomic E-state index is 6.10. The highest BCUT2D eigenvalue weighted by Gasteiger charge is 2.24. The van der Waals surface area contributed by atoms with Crippen LogP contribution in [0.2, 0.25) is 0 Å². The van der Waals surface area contributed by atoms with E-state index >= 15 is 0 Å². The fourth-order valence-corrected chi connectivity index (χ4v) is 2.40. The smallest absolute Gasteiger partial charge is 0.0111 e. The van der Waals surface area contributed by atoms with Crippen molar-refractivity contribution >= 4 is 0 Å². The van der Waals surface area contributed by atoms with Gasteiger partial charge in [-0.3, -0.25) is 0 Å². The van der Waals surface area contributed by atoms with Crippen molar-refractivity contribution in [1.82, 2.24) is 0 Å². The zero-order valence-electron chi connectivity index (χ0n) is 10.2. The van der Waals surface area contributed by atoms with E-state index in [0.717, 1.165) is 19.3 Å². The van der Waals surface area contributed by atoms with Crippen LogP contribution in [0.25, 0.3) is 0 Å². The van der Waals surface area contributed by atoms with Gasteiger partial charge in [-0.05, 0) is 36.3 Å². The summed E-state index contributed by atoms with van der Waals surface area (Å²) in [6.45, 7) is 6.23. The lowest BCUT2D eigenvalue weighted by molar-refractivity contribution is 0.460. The third-order valence-electron chi connectivity index (χ3n) is 3.16. The molecular formula is C14H23N. The van der Waals surface area contributed by atoms with Gasteiger partial charge in [-0.25, -0.2) is 0 Å². The second kappa shape index (κ2) is 5.92. The van der Waals surface area contributed by atoms with E-state index in [0.29, 0.717) is 12.0 Å². The van der Waals surface area contributed by atoms with Crippen LogP contribution in [0.1, 0.15) is 50.7 Å². The Kier molecular flexibility index (Phi) is 4.83. The van der Waals surface area contributed by atoms with Gasteiger partial charge < -0.3 is 5.73 Å². The third kappa shape index (κ3) is 2.60. The second-order valence-corrected chi connectivity index (χ2v) is 3.92. The molecule has 0 bridgehead atoms. The van der Waals surface area contributed by atoms with Gasteiger partial charge in [0.05, 0.1) is 0 Å². The largest absolute Gasteiger partial charge is 0.327 e. The van der Waals surface area contributed by atoms with Crippen molar-refractivity contribution in [1.29, 1.82) is 0 Å². The van der Waals surface area contributed by atoms with Gasteiger partial charge in [-0.15, -0.1) is 0 Å². The molecule has 1 aromatic rings. The fourth-order valence-electron chi connectivity index (χ4n) is 2.40. The summed E-state index contributed by atoms with van der Waals surface area (Å²) >= 11 is 0. The Hall–Kier alpha value is -0.820. The number of hydrogen-bond donors (Lipinski definition) is 1. The number of benzene rings is 1. The SMILES string of the molecule is CC.CCC1c2ccccc2CCC1N. The van der Waals surface area contributed by atoms with E-state index in [1.54, 1.807) is 0 Å². The molecule has 0 fully saturated rings. The minimum atomic E-state index is 0.375. The predicted molar refractivity (Wildman–Crippen MR) is 67.1 cm³/mol. The Morgan fingerprint density at radius 2 is 1.93 bits per heavy atom. The zero-order chi connectivity index (χ0) is 11.3. The molecule has 2 unspecified atom stereocenters. The molecule has 0 saturated heterocycles. The number of fused-ring (bicyclic) bond motifs is 1. The van der Waals surface area contributed by atoms with Crippen molar-refractivity contribution in [2.45, 2.75) is 52.0 Å². The molecule has 0 heterocycles. The monoisotopic (exact) mass is 205 g/mol. The fraction of sp³-hybridized carbons (Fsp3) is 0.571. The van der Waals surface area contributed by atoms with Crippen molar-refractivity contribution < 1.29 is 0 Å². The number of aryl methyl sites for hydroxylation is 1. The molecule has 0 spiro atoms. The lowest BCUT2D eigenvalue weighted by Crippen LogP contribution is -2.32. The van der Waals surface area contributed by atoms with Crippen LogP contribution in [0.4, 0.5) is 0 Å². The van der Waals surface area contributed by atoms with Gasteiger partial charge in [0, 0.05) is 6.04 Å². The van der Waals surface area contributed by atoms with Gasteiger partial charge in [0.15, 0.2) is 0 Å². The van der Waals surface area contributed by atoms with Crippen molar-refractivity contribution in [2.24, 2.45) is 5.73 Å². The molecule has 0 aromatic heterocycles. The molecule has 2 N–H and O–H groups in total. The molecule has 0 amide bonds. The first-order valence-corrected chi connectivity index (χ1v) is 6.16. The Labute approximate surface area is 93.7 Å². The van der Waals surface area contributed by atoms with Crippen molar-refractivity contribution in [3.8, 4) is 0 Å². The van der Waals surface area contributed by atoms with Gasteiger partial charge in [-0.1, -0.05) is 45.0 Å². The van der Waals surface area contributed by atoms with Crippen LogP contribution in [-0.4, -0.2) is 6.04 Å². The lowest BCUT2D eigenvalue weighted by atomic mass is 9.78. The van der Waals surface area contributed by atoms with Gasteiger partial charge in [0.2, 0.25) is 0 Å². The average Bonchev–Trinajstić information content (AvgIpc) is 2.32. The van der Waals surface area contributed by atoms with E-state index in [-0.39, 0.29) is 0 Å². The van der Waals surface area contributed by atoms with Crippen LogP contribution in [0.3, 0.4) is 0 Å². The van der Waals surface area contributed by atoms with Gasteiger partial charge in [-0.2, -0.15) is 0 Å². The van der Waals surface area contributed by atoms with Gasteiger partial charge in [0.1, 0.15) is 0 Å². The first kappa shape index (κ1) is 12.3. The summed E-state index contributed by atoms with van der Waals surface area (Å²) in [6, 6.07) is 9.11. The first-order chi connectivity index (χ1) is 7.33. The van der Waals surface area contributed by atoms with Crippen LogP contribution < -0.4 is 5.73 Å². The zero-order valence-corrected chi connectivity index (χ0v) is 10.2. The Morgan fingerprint density at radius 3 is 2.60 bits per heavy atom. The number of hydrogen-bond acceptors (Lipinski definition) is 1. The second-order valence-electron chi connectivity index (χ2n) is 3.92. The molecule has 2 rings (SSSR count). The minimum absolute atomic E-state index is 0.375. The molecule has 0 radical (unpaired) electrons. The predicted octanol–water partition coefficient (Wildman–Crippen LogP) is 3.48. The normalized spacial score (nSPS) is 23.7. The first-order valence-electron chi connectivity index (χ1n) is 6.16. The van der Waals surface area contributed by atoms with Crippen LogP contribution in [0.15, 0.2) is 24.3 Å². The van der Waals surface area contributed by atoms with Crippen molar-refractivity contribution in [3.63, 3.8) is 0 Å². The van der Waals surface area contributed by atoms with Crippen LogP contribution >= 0.6 is 0 Å². The summed E-state index contributed by atoms with van der Waals surface area (Å²) in [4.78, 5) is 0. The molecule has 2 atom stereocenters. The number of nitrogens with two attached hydrogens (primary N) is 1. The topological polar surface area (TPSA) is 26.0 Å². The van der Waals surface area contributed by atoms with Gasteiger partial charge in [0.25, 0.3) is 0 Å².